The summed E-state index contributed by atoms with van der Waals surface area (Å²) in [5, 5.41) is 0. The third-order valence-corrected chi connectivity index (χ3v) is 15.7. The van der Waals surface area contributed by atoms with Crippen molar-refractivity contribution < 1.29 is 95.3 Å². The van der Waals surface area contributed by atoms with Crippen molar-refractivity contribution in [2.75, 3.05) is 33.0 Å². The molecule has 0 radical (unpaired) electrons. The van der Waals surface area contributed by atoms with Gasteiger partial charge in [0.25, 0.3) is 0 Å². The molecule has 102 heavy (non-hydrogen) atoms. The largest absolute Gasteiger partial charge is 0.466 e. The number of carbonyl (C=O) groups excluding carboxylic acids is 10. The van der Waals surface area contributed by atoms with E-state index in [2.05, 4.69) is 55.4 Å². The highest BCUT2D eigenvalue weighted by Gasteiger charge is 2.19. The Kier molecular flexibility index (Phi) is 85.7. The Morgan fingerprint density at radius 2 is 0.333 bits per heavy atom. The Morgan fingerprint density at radius 1 is 0.186 bits per heavy atom. The van der Waals surface area contributed by atoms with Gasteiger partial charge >= 0.3 is 59.7 Å². The maximum atomic E-state index is 11.8. The Hall–Kier alpha value is -5.30. The van der Waals surface area contributed by atoms with Crippen LogP contribution in [0.25, 0.3) is 0 Å². The average Bonchev–Trinajstić information content (AvgIpc) is 1.18. The van der Waals surface area contributed by atoms with Gasteiger partial charge in [0.15, 0.2) is 0 Å². The van der Waals surface area contributed by atoms with Crippen LogP contribution in [0.4, 0.5) is 0 Å². The topological polar surface area (TPSA) is 263 Å². The highest BCUT2D eigenvalue weighted by Crippen LogP contribution is 2.15. The molecule has 0 aromatic heterocycles. The Labute approximate surface area is 621 Å². The van der Waals surface area contributed by atoms with Gasteiger partial charge in [0.1, 0.15) is 30.5 Å². The van der Waals surface area contributed by atoms with Crippen molar-refractivity contribution in [1.82, 2.24) is 0 Å². The fraction of sp³-hybridized carbons (Fsp3) is 0.878. The molecule has 0 N–H and O–H groups in total. The molecular weight excluding hydrogens is 1300 g/mol. The number of ether oxygens (including phenoxy) is 10. The molecule has 0 saturated carbocycles. The molecule has 602 valence electrons. The summed E-state index contributed by atoms with van der Waals surface area (Å²) in [6.07, 6.45) is 41.8. The van der Waals surface area contributed by atoms with Crippen molar-refractivity contribution in [2.45, 2.75) is 436 Å². The maximum absolute atomic E-state index is 11.8. The highest BCUT2D eigenvalue weighted by molar-refractivity contribution is 5.75. The van der Waals surface area contributed by atoms with E-state index < -0.39 is 30.5 Å². The van der Waals surface area contributed by atoms with E-state index >= 15 is 0 Å². The van der Waals surface area contributed by atoms with E-state index in [0.29, 0.717) is 65.1 Å². The number of hydrogen-bond acceptors (Lipinski definition) is 20. The Morgan fingerprint density at radius 3 is 0.529 bits per heavy atom. The van der Waals surface area contributed by atoms with Gasteiger partial charge in [0, 0.05) is 32.1 Å². The number of rotatable bonds is 62. The second-order valence-corrected chi connectivity index (χ2v) is 26.8. The summed E-state index contributed by atoms with van der Waals surface area (Å²) in [6, 6.07) is 0. The van der Waals surface area contributed by atoms with Crippen LogP contribution >= 0.6 is 0 Å². The standard InChI is InChI=1S/C22H42O4.C18H34O4.C16H30O4.C14H26O4.C12H22O4/c1-4-6-8-10-12-13-15-17-21(23)26-20(3)19-22(24)25-18-16-14-11-9-7-5-2;1-4-6-8-10-11-13-17(19)22-16(3)15-18(20)21-14-12-9-7-5-2;1-4-6-8-10-12-19-16(18)13-14(3)20-15(17)11-9-7-5-2;1-4-6-7-8-9-10-13(15)18-12(3)11-14(16)17-5-2;1-4-6-7-8-11(13)16-10(3)9-12(14)15-5-2/h20H,4-19H2,1-3H3;16H,4-15H2,1-3H3;14H,4-13H2,1-3H3;12H,4-11H2,1-3H3;10H,4-9H2,1-3H3/t20-;16-;14-;12-;10-/m11111/s1. The second kappa shape index (κ2) is 83.0. The number of hydrogen-bond donors (Lipinski definition) is 0. The zero-order chi connectivity index (χ0) is 77.5. The van der Waals surface area contributed by atoms with E-state index in [1.807, 2.05) is 0 Å². The third-order valence-electron chi connectivity index (χ3n) is 15.7. The lowest BCUT2D eigenvalue weighted by molar-refractivity contribution is -0.156. The lowest BCUT2D eigenvalue weighted by Crippen LogP contribution is -2.20. The molecule has 0 aromatic carbocycles. The minimum Gasteiger partial charge on any atom is -0.466 e. The van der Waals surface area contributed by atoms with E-state index in [9.17, 15) is 47.9 Å². The predicted molar refractivity (Wildman–Crippen MR) is 406 cm³/mol. The number of esters is 10. The monoisotopic (exact) mass is 1460 g/mol. The first-order chi connectivity index (χ1) is 49.0. The van der Waals surface area contributed by atoms with Gasteiger partial charge in [-0.15, -0.1) is 0 Å². The van der Waals surface area contributed by atoms with E-state index in [-0.39, 0.29) is 91.8 Å². The molecule has 0 aliphatic rings. The molecule has 0 spiro atoms. The normalized spacial score (nSPS) is 12.0. The van der Waals surface area contributed by atoms with Gasteiger partial charge in [-0.05, 0) is 99.8 Å². The molecular formula is C82H154O20. The first-order valence-corrected chi connectivity index (χ1v) is 40.7. The van der Waals surface area contributed by atoms with E-state index in [0.717, 1.165) is 116 Å². The van der Waals surface area contributed by atoms with Gasteiger partial charge < -0.3 is 47.4 Å². The van der Waals surface area contributed by atoms with Gasteiger partial charge in [-0.2, -0.15) is 0 Å². The van der Waals surface area contributed by atoms with Crippen LogP contribution in [0.3, 0.4) is 0 Å². The van der Waals surface area contributed by atoms with Gasteiger partial charge in [0.2, 0.25) is 0 Å². The van der Waals surface area contributed by atoms with Crippen molar-refractivity contribution >= 4 is 59.7 Å². The first kappa shape index (κ1) is 105. The first-order valence-electron chi connectivity index (χ1n) is 40.7. The summed E-state index contributed by atoms with van der Waals surface area (Å²) in [5.41, 5.74) is 0. The Balaban J connectivity index is -0.000000388. The molecule has 0 amide bonds. The third kappa shape index (κ3) is 88.9. The van der Waals surface area contributed by atoms with Crippen LogP contribution < -0.4 is 0 Å². The summed E-state index contributed by atoms with van der Waals surface area (Å²) >= 11 is 0. The molecule has 0 saturated heterocycles. The van der Waals surface area contributed by atoms with Gasteiger partial charge in [-0.25, -0.2) is 0 Å². The number of carbonyl (C=O) groups is 10. The molecule has 0 heterocycles. The molecule has 0 unspecified atom stereocenters. The van der Waals surface area contributed by atoms with Gasteiger partial charge in [0.05, 0.1) is 65.1 Å². The molecule has 0 aliphatic heterocycles. The summed E-state index contributed by atoms with van der Waals surface area (Å²) in [6.45, 7) is 31.5. The summed E-state index contributed by atoms with van der Waals surface area (Å²) in [4.78, 5) is 115. The SMILES string of the molecule is CCCCCC(=O)O[C@H](C)CC(=O)OCC.CCCCCCCC(=O)O[C@H](C)CC(=O)OCC.CCCCCCCC(=O)O[C@H](C)CC(=O)OCCCCCC.CCCCCCCCCC(=O)O[C@H](C)CC(=O)OCCCCCCCC.CCCCCCOC(=O)C[C@@H](C)OC(=O)CCCCC. The number of unbranched alkanes of at least 4 members (excludes halogenated alkanes) is 29. The van der Waals surface area contributed by atoms with Crippen molar-refractivity contribution in [2.24, 2.45) is 0 Å². The van der Waals surface area contributed by atoms with Crippen LogP contribution in [0, 0.1) is 0 Å². The van der Waals surface area contributed by atoms with Crippen molar-refractivity contribution in [3.63, 3.8) is 0 Å². The van der Waals surface area contributed by atoms with E-state index in [1.165, 1.54) is 122 Å². The van der Waals surface area contributed by atoms with Crippen molar-refractivity contribution in [1.29, 1.82) is 0 Å². The molecule has 0 bridgehead atoms. The lowest BCUT2D eigenvalue weighted by Gasteiger charge is -2.13. The Bertz CT molecular complexity index is 1920. The zero-order valence-corrected chi connectivity index (χ0v) is 67.8. The summed E-state index contributed by atoms with van der Waals surface area (Å²) < 4.78 is 50.9. The molecule has 0 rings (SSSR count). The van der Waals surface area contributed by atoms with Crippen LogP contribution in [0.2, 0.25) is 0 Å². The van der Waals surface area contributed by atoms with Crippen molar-refractivity contribution in [3.05, 3.63) is 0 Å². The van der Waals surface area contributed by atoms with Crippen LogP contribution in [0.15, 0.2) is 0 Å². The maximum Gasteiger partial charge on any atom is 0.309 e. The van der Waals surface area contributed by atoms with Gasteiger partial charge in [-0.1, -0.05) is 242 Å². The average molecular weight is 1460 g/mol. The second-order valence-electron chi connectivity index (χ2n) is 26.8. The fourth-order valence-corrected chi connectivity index (χ4v) is 9.92. The van der Waals surface area contributed by atoms with Crippen LogP contribution in [-0.4, -0.2) is 123 Å². The van der Waals surface area contributed by atoms with Crippen LogP contribution in [-0.2, 0) is 95.3 Å². The van der Waals surface area contributed by atoms with Crippen LogP contribution in [0.1, 0.15) is 406 Å². The lowest BCUT2D eigenvalue weighted by atomic mass is 10.1. The minimum atomic E-state index is -0.399. The quantitative estimate of drug-likeness (QED) is 0.0311. The molecule has 0 fully saturated rings. The van der Waals surface area contributed by atoms with Crippen molar-refractivity contribution in [3.8, 4) is 0 Å². The molecule has 0 aliphatic carbocycles. The predicted octanol–water partition coefficient (Wildman–Crippen LogP) is 20.8. The fourth-order valence-electron chi connectivity index (χ4n) is 9.92. The molecule has 5 atom stereocenters. The van der Waals surface area contributed by atoms with Gasteiger partial charge in [-0.3, -0.25) is 47.9 Å². The highest BCUT2D eigenvalue weighted by atomic mass is 16.6. The molecule has 20 nitrogen and oxygen atoms in total. The summed E-state index contributed by atoms with van der Waals surface area (Å²) in [5.74, 6) is -2.55. The minimum absolute atomic E-state index is 0.132. The molecule has 0 aromatic rings. The van der Waals surface area contributed by atoms with E-state index in [4.69, 9.17) is 47.4 Å². The summed E-state index contributed by atoms with van der Waals surface area (Å²) in [7, 11) is 0. The molecule has 20 heteroatoms. The van der Waals surface area contributed by atoms with E-state index in [1.54, 1.807) is 48.5 Å². The van der Waals surface area contributed by atoms with Crippen LogP contribution in [0.5, 0.6) is 0 Å². The smallest absolute Gasteiger partial charge is 0.309 e. The zero-order valence-electron chi connectivity index (χ0n) is 67.8.